The summed E-state index contributed by atoms with van der Waals surface area (Å²) >= 11 is 0. The van der Waals surface area contributed by atoms with Crippen LogP contribution < -0.4 is 10.6 Å². The first kappa shape index (κ1) is 16.6. The molecule has 0 unspecified atom stereocenters. The molecule has 0 aliphatic carbocycles. The Morgan fingerprint density at radius 3 is 2.82 bits per heavy atom. The van der Waals surface area contributed by atoms with Crippen molar-refractivity contribution in [3.8, 4) is 0 Å². The molecule has 5 nitrogen and oxygen atoms in total. The van der Waals surface area contributed by atoms with Crippen LogP contribution in [-0.2, 0) is 14.3 Å². The van der Waals surface area contributed by atoms with E-state index in [4.69, 9.17) is 9.47 Å². The molecule has 0 aromatic carbocycles. The van der Waals surface area contributed by atoms with Gasteiger partial charge in [-0.25, -0.2) is 0 Å². The lowest BCUT2D eigenvalue weighted by Crippen LogP contribution is -2.46. The molecule has 1 heterocycles. The number of ether oxygens (including phenoxy) is 2. The van der Waals surface area contributed by atoms with Crippen LogP contribution in [0.25, 0.3) is 0 Å². The molecule has 0 spiro atoms. The summed E-state index contributed by atoms with van der Waals surface area (Å²) in [7, 11) is 0. The van der Waals surface area contributed by atoms with Crippen molar-refractivity contribution < 1.29 is 14.3 Å². The van der Waals surface area contributed by atoms with Gasteiger partial charge in [-0.05, 0) is 26.3 Å². The Labute approximate surface area is 109 Å². The molecule has 0 aromatic heterocycles. The van der Waals surface area contributed by atoms with Gasteiger partial charge in [0.05, 0.1) is 13.2 Å². The number of rotatable bonds is 7. The molecule has 0 bridgehead atoms. The molecule has 1 amide bonds. The Kier molecular flexibility index (Phi) is 10.5. The molecule has 0 saturated carbocycles. The maximum absolute atomic E-state index is 11.4. The number of hydrogen-bond acceptors (Lipinski definition) is 4. The third kappa shape index (κ3) is 8.37. The second-order valence-electron chi connectivity index (χ2n) is 3.86. The highest BCUT2D eigenvalue weighted by Gasteiger charge is 2.14. The van der Waals surface area contributed by atoms with Crippen LogP contribution in [0.2, 0.25) is 0 Å². The van der Waals surface area contributed by atoms with Gasteiger partial charge < -0.3 is 20.1 Å². The predicted octanol–water partition coefficient (Wildman–Crippen LogP) is 0.330. The first-order valence-corrected chi connectivity index (χ1v) is 5.98. The highest BCUT2D eigenvalue weighted by molar-refractivity contribution is 5.85. The first-order valence-electron chi connectivity index (χ1n) is 5.98. The topological polar surface area (TPSA) is 59.6 Å². The van der Waals surface area contributed by atoms with Gasteiger partial charge >= 0.3 is 0 Å². The molecular formula is C11H23ClN2O3. The normalized spacial score (nSPS) is 19.5. The van der Waals surface area contributed by atoms with Crippen LogP contribution in [0.1, 0.15) is 19.8 Å². The summed E-state index contributed by atoms with van der Waals surface area (Å²) in [5.41, 5.74) is 0. The fourth-order valence-corrected chi connectivity index (χ4v) is 1.67. The van der Waals surface area contributed by atoms with Gasteiger partial charge in [0.2, 0.25) is 5.91 Å². The lowest BCUT2D eigenvalue weighted by molar-refractivity contribution is -0.127. The standard InChI is InChI=1S/C11H22N2O3.ClH/c1-2-15-6-7-16-9-11(14)13-10-4-3-5-12-8-10;/h10,12H,2-9H2,1H3,(H,13,14);1H/t10-;/m0./s1. The summed E-state index contributed by atoms with van der Waals surface area (Å²) in [5.74, 6) is -0.0369. The fourth-order valence-electron chi connectivity index (χ4n) is 1.67. The largest absolute Gasteiger partial charge is 0.379 e. The van der Waals surface area contributed by atoms with Crippen LogP contribution in [0.5, 0.6) is 0 Å². The minimum absolute atomic E-state index is 0. The zero-order valence-electron chi connectivity index (χ0n) is 10.4. The minimum atomic E-state index is -0.0369. The zero-order valence-corrected chi connectivity index (χ0v) is 11.2. The Balaban J connectivity index is 0.00000256. The fraction of sp³-hybridized carbons (Fsp3) is 0.909. The SMILES string of the molecule is CCOCCOCC(=O)N[C@H]1CCCNC1.Cl. The monoisotopic (exact) mass is 266 g/mol. The van der Waals surface area contributed by atoms with Crippen LogP contribution in [0, 0.1) is 0 Å². The second-order valence-corrected chi connectivity index (χ2v) is 3.86. The summed E-state index contributed by atoms with van der Waals surface area (Å²) in [6.45, 7) is 5.69. The van der Waals surface area contributed by atoms with Crippen molar-refractivity contribution in [3.63, 3.8) is 0 Å². The van der Waals surface area contributed by atoms with Crippen molar-refractivity contribution >= 4 is 18.3 Å². The van der Waals surface area contributed by atoms with Gasteiger partial charge in [0.15, 0.2) is 0 Å². The molecule has 1 aliphatic heterocycles. The Morgan fingerprint density at radius 2 is 2.18 bits per heavy atom. The highest BCUT2D eigenvalue weighted by atomic mass is 35.5. The summed E-state index contributed by atoms with van der Waals surface area (Å²) in [6, 6.07) is 0.261. The number of amides is 1. The average molecular weight is 267 g/mol. The van der Waals surface area contributed by atoms with Crippen molar-refractivity contribution in [2.24, 2.45) is 0 Å². The highest BCUT2D eigenvalue weighted by Crippen LogP contribution is 2.00. The summed E-state index contributed by atoms with van der Waals surface area (Å²) in [4.78, 5) is 11.4. The maximum Gasteiger partial charge on any atom is 0.246 e. The molecule has 1 rings (SSSR count). The second kappa shape index (κ2) is 10.8. The quantitative estimate of drug-likeness (QED) is 0.652. The zero-order chi connectivity index (χ0) is 11.6. The molecule has 102 valence electrons. The molecule has 1 fully saturated rings. The van der Waals surface area contributed by atoms with E-state index in [2.05, 4.69) is 10.6 Å². The van der Waals surface area contributed by atoms with Gasteiger partial charge in [-0.1, -0.05) is 0 Å². The Morgan fingerprint density at radius 1 is 1.41 bits per heavy atom. The molecule has 2 N–H and O–H groups in total. The van der Waals surface area contributed by atoms with Gasteiger partial charge in [-0.3, -0.25) is 4.79 Å². The lowest BCUT2D eigenvalue weighted by atomic mass is 10.1. The molecular weight excluding hydrogens is 244 g/mol. The van der Waals surface area contributed by atoms with E-state index in [-0.39, 0.29) is 31.0 Å². The summed E-state index contributed by atoms with van der Waals surface area (Å²) in [6.07, 6.45) is 2.17. The van der Waals surface area contributed by atoms with Crippen molar-refractivity contribution in [3.05, 3.63) is 0 Å². The number of nitrogens with one attached hydrogen (secondary N) is 2. The molecule has 0 radical (unpaired) electrons. The predicted molar refractivity (Wildman–Crippen MR) is 68.6 cm³/mol. The number of hydrogen-bond donors (Lipinski definition) is 2. The van der Waals surface area contributed by atoms with Crippen LogP contribution in [0.3, 0.4) is 0 Å². The third-order valence-electron chi connectivity index (χ3n) is 2.47. The maximum atomic E-state index is 11.4. The van der Waals surface area contributed by atoms with Crippen molar-refractivity contribution in [1.82, 2.24) is 10.6 Å². The Hall–Kier alpha value is -0.360. The van der Waals surface area contributed by atoms with Gasteiger partial charge in [-0.15, -0.1) is 12.4 Å². The van der Waals surface area contributed by atoms with Crippen LogP contribution in [-0.4, -0.2) is 51.5 Å². The van der Waals surface area contributed by atoms with Crippen molar-refractivity contribution in [1.29, 1.82) is 0 Å². The van der Waals surface area contributed by atoms with E-state index in [0.717, 1.165) is 25.9 Å². The van der Waals surface area contributed by atoms with Crippen molar-refractivity contribution in [2.75, 3.05) is 39.5 Å². The van der Waals surface area contributed by atoms with E-state index in [0.29, 0.717) is 19.8 Å². The lowest BCUT2D eigenvalue weighted by Gasteiger charge is -2.23. The molecule has 1 atom stereocenters. The van der Waals surface area contributed by atoms with Gasteiger partial charge in [0.1, 0.15) is 6.61 Å². The molecule has 1 aliphatic rings. The van der Waals surface area contributed by atoms with Gasteiger partial charge in [0, 0.05) is 19.2 Å². The minimum Gasteiger partial charge on any atom is -0.379 e. The number of carbonyl (C=O) groups is 1. The van der Waals surface area contributed by atoms with E-state index in [1.807, 2.05) is 6.92 Å². The van der Waals surface area contributed by atoms with Gasteiger partial charge in [0.25, 0.3) is 0 Å². The smallest absolute Gasteiger partial charge is 0.246 e. The molecule has 1 saturated heterocycles. The van der Waals surface area contributed by atoms with E-state index in [1.54, 1.807) is 0 Å². The van der Waals surface area contributed by atoms with E-state index < -0.39 is 0 Å². The van der Waals surface area contributed by atoms with Crippen LogP contribution in [0.4, 0.5) is 0 Å². The Bertz CT molecular complexity index is 199. The van der Waals surface area contributed by atoms with Crippen LogP contribution >= 0.6 is 12.4 Å². The number of carbonyl (C=O) groups excluding carboxylic acids is 1. The van der Waals surface area contributed by atoms with Crippen LogP contribution in [0.15, 0.2) is 0 Å². The van der Waals surface area contributed by atoms with E-state index >= 15 is 0 Å². The number of halogens is 1. The summed E-state index contributed by atoms with van der Waals surface area (Å²) in [5, 5.41) is 6.19. The summed E-state index contributed by atoms with van der Waals surface area (Å²) < 4.78 is 10.3. The number of piperidine rings is 1. The van der Waals surface area contributed by atoms with Gasteiger partial charge in [-0.2, -0.15) is 0 Å². The average Bonchev–Trinajstić information content (AvgIpc) is 2.30. The van der Waals surface area contributed by atoms with E-state index in [9.17, 15) is 4.79 Å². The molecule has 17 heavy (non-hydrogen) atoms. The first-order chi connectivity index (χ1) is 7.83. The van der Waals surface area contributed by atoms with Crippen molar-refractivity contribution in [2.45, 2.75) is 25.8 Å². The molecule has 0 aromatic rings. The van der Waals surface area contributed by atoms with E-state index in [1.165, 1.54) is 0 Å². The molecule has 6 heteroatoms. The third-order valence-corrected chi connectivity index (χ3v) is 2.47.